The first-order valence-corrected chi connectivity index (χ1v) is 6.75. The lowest BCUT2D eigenvalue weighted by Crippen LogP contribution is -2.32. The molecule has 2 aromatic carbocycles. The van der Waals surface area contributed by atoms with Gasteiger partial charge in [0.2, 0.25) is 0 Å². The first-order chi connectivity index (χ1) is 10.2. The van der Waals surface area contributed by atoms with Gasteiger partial charge in [-0.15, -0.1) is 0 Å². The van der Waals surface area contributed by atoms with Gasteiger partial charge < -0.3 is 10.1 Å². The zero-order chi connectivity index (χ0) is 15.1. The van der Waals surface area contributed by atoms with Crippen LogP contribution in [0.3, 0.4) is 0 Å². The molecule has 0 fully saturated rings. The fourth-order valence-electron chi connectivity index (χ4n) is 1.84. The summed E-state index contributed by atoms with van der Waals surface area (Å²) in [6, 6.07) is 18.0. The van der Waals surface area contributed by atoms with Crippen LogP contribution in [0, 0.1) is 11.3 Å². The number of nitrogens with one attached hydrogen (secondary N) is 1. The molecule has 2 aromatic rings. The van der Waals surface area contributed by atoms with E-state index in [9.17, 15) is 4.79 Å². The lowest BCUT2D eigenvalue weighted by molar-refractivity contribution is -0.122. The van der Waals surface area contributed by atoms with Crippen molar-refractivity contribution in [3.63, 3.8) is 0 Å². The van der Waals surface area contributed by atoms with Gasteiger partial charge in [-0.25, -0.2) is 0 Å². The van der Waals surface area contributed by atoms with E-state index in [1.165, 1.54) is 0 Å². The zero-order valence-corrected chi connectivity index (χ0v) is 11.7. The van der Waals surface area contributed by atoms with E-state index in [-0.39, 0.29) is 5.91 Å². The molecule has 1 N–H and O–H groups in total. The fraction of sp³-hybridized carbons (Fsp3) is 0.176. The van der Waals surface area contributed by atoms with Crippen LogP contribution in [-0.4, -0.2) is 12.0 Å². The van der Waals surface area contributed by atoms with E-state index in [1.807, 2.05) is 43.3 Å². The first-order valence-electron chi connectivity index (χ1n) is 6.75. The van der Waals surface area contributed by atoms with Crippen molar-refractivity contribution in [3.8, 4) is 11.8 Å². The third-order valence-electron chi connectivity index (χ3n) is 2.97. The Labute approximate surface area is 124 Å². The van der Waals surface area contributed by atoms with Crippen LogP contribution in [0.2, 0.25) is 0 Å². The molecule has 1 atom stereocenters. The van der Waals surface area contributed by atoms with Crippen LogP contribution >= 0.6 is 0 Å². The molecule has 0 spiro atoms. The monoisotopic (exact) mass is 280 g/mol. The van der Waals surface area contributed by atoms with E-state index in [0.29, 0.717) is 23.4 Å². The highest BCUT2D eigenvalue weighted by Crippen LogP contribution is 2.15. The Morgan fingerprint density at radius 1 is 1.19 bits per heavy atom. The van der Waals surface area contributed by atoms with Crippen LogP contribution in [0.25, 0.3) is 0 Å². The lowest BCUT2D eigenvalue weighted by atomic mass is 10.2. The largest absolute Gasteiger partial charge is 0.481 e. The average molecular weight is 280 g/mol. The summed E-state index contributed by atoms with van der Waals surface area (Å²) in [7, 11) is 0. The molecule has 0 saturated heterocycles. The molecule has 0 aliphatic heterocycles. The van der Waals surface area contributed by atoms with Gasteiger partial charge in [-0.3, -0.25) is 4.79 Å². The smallest absolute Gasteiger partial charge is 0.265 e. The van der Waals surface area contributed by atoms with Gasteiger partial charge in [-0.2, -0.15) is 5.26 Å². The lowest BCUT2D eigenvalue weighted by Gasteiger charge is -2.17. The number of hydrogen-bond acceptors (Lipinski definition) is 3. The number of carbonyl (C=O) groups excluding carboxylic acids is 1. The minimum atomic E-state index is -0.553. The van der Waals surface area contributed by atoms with Crippen molar-refractivity contribution in [3.05, 3.63) is 60.2 Å². The number of hydrogen-bond donors (Lipinski definition) is 1. The van der Waals surface area contributed by atoms with Gasteiger partial charge in [0.15, 0.2) is 6.10 Å². The van der Waals surface area contributed by atoms with Crippen LogP contribution in [0.15, 0.2) is 54.6 Å². The van der Waals surface area contributed by atoms with Gasteiger partial charge in [0.25, 0.3) is 5.91 Å². The van der Waals surface area contributed by atoms with Crippen molar-refractivity contribution in [1.29, 1.82) is 5.26 Å². The fourth-order valence-corrected chi connectivity index (χ4v) is 1.84. The molecule has 1 amide bonds. The summed E-state index contributed by atoms with van der Waals surface area (Å²) < 4.78 is 5.68. The van der Waals surface area contributed by atoms with E-state index in [1.54, 1.807) is 24.3 Å². The Morgan fingerprint density at radius 2 is 1.86 bits per heavy atom. The van der Waals surface area contributed by atoms with Crippen molar-refractivity contribution in [1.82, 2.24) is 0 Å². The molecule has 0 unspecified atom stereocenters. The normalized spacial score (nSPS) is 11.2. The van der Waals surface area contributed by atoms with Gasteiger partial charge in [0.1, 0.15) is 5.75 Å². The number of amides is 1. The quantitative estimate of drug-likeness (QED) is 0.913. The number of para-hydroxylation sites is 1. The van der Waals surface area contributed by atoms with Gasteiger partial charge in [0.05, 0.1) is 11.6 Å². The zero-order valence-electron chi connectivity index (χ0n) is 11.7. The van der Waals surface area contributed by atoms with Crippen LogP contribution < -0.4 is 10.1 Å². The molecule has 2 rings (SSSR count). The Morgan fingerprint density at radius 3 is 2.43 bits per heavy atom. The summed E-state index contributed by atoms with van der Waals surface area (Å²) >= 11 is 0. The second-order valence-electron chi connectivity index (χ2n) is 4.51. The highest BCUT2D eigenvalue weighted by molar-refractivity contribution is 5.94. The molecule has 0 aliphatic carbocycles. The SMILES string of the molecule is CC[C@H](Oc1ccccc1)C(=O)Nc1ccc(C#N)cc1. The van der Waals surface area contributed by atoms with E-state index in [4.69, 9.17) is 10.00 Å². The van der Waals surface area contributed by atoms with Crippen LogP contribution in [0.5, 0.6) is 5.75 Å². The third-order valence-corrected chi connectivity index (χ3v) is 2.97. The van der Waals surface area contributed by atoms with E-state index in [0.717, 1.165) is 0 Å². The molecular weight excluding hydrogens is 264 g/mol. The molecule has 0 aromatic heterocycles. The van der Waals surface area contributed by atoms with Crippen LogP contribution in [0.4, 0.5) is 5.69 Å². The topological polar surface area (TPSA) is 62.1 Å². The summed E-state index contributed by atoms with van der Waals surface area (Å²) in [5, 5.41) is 11.5. The average Bonchev–Trinajstić information content (AvgIpc) is 2.54. The highest BCUT2D eigenvalue weighted by atomic mass is 16.5. The number of carbonyl (C=O) groups is 1. The third kappa shape index (κ3) is 4.08. The van der Waals surface area contributed by atoms with Gasteiger partial charge in [-0.1, -0.05) is 25.1 Å². The minimum Gasteiger partial charge on any atom is -0.481 e. The minimum absolute atomic E-state index is 0.203. The van der Waals surface area contributed by atoms with Gasteiger partial charge >= 0.3 is 0 Å². The maximum Gasteiger partial charge on any atom is 0.265 e. The number of rotatable bonds is 5. The highest BCUT2D eigenvalue weighted by Gasteiger charge is 2.18. The summed E-state index contributed by atoms with van der Waals surface area (Å²) in [6.45, 7) is 1.89. The van der Waals surface area contributed by atoms with Crippen molar-refractivity contribution in [2.45, 2.75) is 19.4 Å². The summed E-state index contributed by atoms with van der Waals surface area (Å²) in [4.78, 5) is 12.2. The molecular formula is C17H16N2O2. The van der Waals surface area contributed by atoms with Crippen molar-refractivity contribution in [2.24, 2.45) is 0 Å². The van der Waals surface area contributed by atoms with Crippen LogP contribution in [0.1, 0.15) is 18.9 Å². The Bertz CT molecular complexity index is 630. The van der Waals surface area contributed by atoms with Crippen molar-refractivity contribution in [2.75, 3.05) is 5.32 Å². The predicted octanol–water partition coefficient (Wildman–Crippen LogP) is 3.35. The first kappa shape index (κ1) is 14.6. The molecule has 21 heavy (non-hydrogen) atoms. The Balaban J connectivity index is 2.01. The number of nitriles is 1. The van der Waals surface area contributed by atoms with Crippen molar-refractivity contribution >= 4 is 11.6 Å². The summed E-state index contributed by atoms with van der Waals surface area (Å²) in [5.74, 6) is 0.463. The molecule has 0 heterocycles. The van der Waals surface area contributed by atoms with E-state index in [2.05, 4.69) is 5.32 Å². The molecule has 106 valence electrons. The number of anilines is 1. The van der Waals surface area contributed by atoms with Crippen molar-refractivity contribution < 1.29 is 9.53 Å². The molecule has 4 heteroatoms. The number of benzene rings is 2. The van der Waals surface area contributed by atoms with Gasteiger partial charge in [0, 0.05) is 5.69 Å². The summed E-state index contributed by atoms with van der Waals surface area (Å²) in [5.41, 5.74) is 1.20. The Kier molecular flexibility index (Phi) is 4.94. The molecule has 0 aliphatic rings. The Hall–Kier alpha value is -2.80. The van der Waals surface area contributed by atoms with E-state index >= 15 is 0 Å². The van der Waals surface area contributed by atoms with Gasteiger partial charge in [-0.05, 0) is 42.8 Å². The molecule has 4 nitrogen and oxygen atoms in total. The maximum atomic E-state index is 12.2. The molecule has 0 bridgehead atoms. The maximum absolute atomic E-state index is 12.2. The second kappa shape index (κ2) is 7.11. The molecule has 0 saturated carbocycles. The van der Waals surface area contributed by atoms with E-state index < -0.39 is 6.10 Å². The number of nitrogens with zero attached hydrogens (tertiary/aromatic N) is 1. The predicted molar refractivity (Wildman–Crippen MR) is 80.9 cm³/mol. The number of ether oxygens (including phenoxy) is 1. The van der Waals surface area contributed by atoms with Crippen LogP contribution in [-0.2, 0) is 4.79 Å². The molecule has 0 radical (unpaired) electrons. The summed E-state index contributed by atoms with van der Waals surface area (Å²) in [6.07, 6.45) is 0.0137. The standard InChI is InChI=1S/C17H16N2O2/c1-2-16(21-15-6-4-3-5-7-15)17(20)19-14-10-8-13(12-18)9-11-14/h3-11,16H,2H2,1H3,(H,19,20)/t16-/m0/s1. The second-order valence-corrected chi connectivity index (χ2v) is 4.51.